The van der Waals surface area contributed by atoms with Gasteiger partial charge in [0.2, 0.25) is 0 Å². The highest BCUT2D eigenvalue weighted by Crippen LogP contribution is 2.41. The van der Waals surface area contributed by atoms with Crippen molar-refractivity contribution < 1.29 is 17.9 Å². The van der Waals surface area contributed by atoms with Crippen LogP contribution in [0, 0.1) is 0 Å². The topological polar surface area (TPSA) is 76.0 Å². The molecule has 146 valence electrons. The van der Waals surface area contributed by atoms with Crippen LogP contribution in [0.15, 0.2) is 29.3 Å². The molecule has 3 fully saturated rings. The fourth-order valence-corrected chi connectivity index (χ4v) is 7.74. The molecule has 0 saturated carbocycles. The van der Waals surface area contributed by atoms with Crippen LogP contribution < -0.4 is 4.90 Å². The summed E-state index contributed by atoms with van der Waals surface area (Å²) in [7, 11) is -3.06. The SMILES string of the molecule is CC(C)c1ccc(N2C(=NC(=O)[C@@H]3CCCO3)S[C@@H]3CS(=O)(=O)C[C@@H]32)cc1. The van der Waals surface area contributed by atoms with E-state index in [1.807, 2.05) is 17.0 Å². The van der Waals surface area contributed by atoms with Crippen molar-refractivity contribution in [3.05, 3.63) is 29.8 Å². The van der Waals surface area contributed by atoms with E-state index in [-0.39, 0.29) is 28.7 Å². The summed E-state index contributed by atoms with van der Waals surface area (Å²) in [6.45, 7) is 4.86. The highest BCUT2D eigenvalue weighted by atomic mass is 32.2. The van der Waals surface area contributed by atoms with Crippen LogP contribution in [-0.2, 0) is 19.4 Å². The van der Waals surface area contributed by atoms with Gasteiger partial charge in [0, 0.05) is 17.5 Å². The molecule has 6 nitrogen and oxygen atoms in total. The lowest BCUT2D eigenvalue weighted by molar-refractivity contribution is -0.126. The summed E-state index contributed by atoms with van der Waals surface area (Å²) in [5.41, 5.74) is 2.10. The van der Waals surface area contributed by atoms with E-state index in [2.05, 4.69) is 31.0 Å². The van der Waals surface area contributed by atoms with Gasteiger partial charge >= 0.3 is 0 Å². The molecule has 3 saturated heterocycles. The van der Waals surface area contributed by atoms with Crippen LogP contribution in [0.5, 0.6) is 0 Å². The van der Waals surface area contributed by atoms with Gasteiger partial charge < -0.3 is 9.64 Å². The average Bonchev–Trinajstić information content (AvgIpc) is 3.29. The third-order valence-electron chi connectivity index (χ3n) is 5.32. The number of amides is 1. The number of sulfone groups is 1. The van der Waals surface area contributed by atoms with Gasteiger partial charge in [-0.1, -0.05) is 37.7 Å². The molecule has 0 bridgehead atoms. The zero-order valence-electron chi connectivity index (χ0n) is 15.5. The summed E-state index contributed by atoms with van der Waals surface area (Å²) in [5, 5.41) is 0.508. The Balaban J connectivity index is 1.66. The van der Waals surface area contributed by atoms with E-state index in [1.165, 1.54) is 17.3 Å². The monoisotopic (exact) mass is 408 g/mol. The maximum absolute atomic E-state index is 12.5. The smallest absolute Gasteiger partial charge is 0.277 e. The zero-order chi connectivity index (χ0) is 19.2. The molecule has 3 aliphatic rings. The van der Waals surface area contributed by atoms with Crippen LogP contribution >= 0.6 is 11.8 Å². The van der Waals surface area contributed by atoms with Crippen molar-refractivity contribution in [3.8, 4) is 0 Å². The second kappa shape index (κ2) is 7.22. The average molecular weight is 409 g/mol. The first-order valence-electron chi connectivity index (χ1n) is 9.34. The molecule has 0 unspecified atom stereocenters. The Kier molecular flexibility index (Phi) is 5.07. The molecule has 1 aromatic carbocycles. The molecule has 3 atom stereocenters. The van der Waals surface area contributed by atoms with Crippen molar-refractivity contribution in [2.24, 2.45) is 4.99 Å². The number of carbonyl (C=O) groups excluding carboxylic acids is 1. The van der Waals surface area contributed by atoms with Crippen LogP contribution in [0.2, 0.25) is 0 Å². The van der Waals surface area contributed by atoms with Gasteiger partial charge in [-0.3, -0.25) is 4.79 Å². The fourth-order valence-electron chi connectivity index (χ4n) is 3.82. The molecule has 0 radical (unpaired) electrons. The number of hydrogen-bond donors (Lipinski definition) is 0. The molecule has 27 heavy (non-hydrogen) atoms. The van der Waals surface area contributed by atoms with Gasteiger partial charge in [-0.25, -0.2) is 8.42 Å². The van der Waals surface area contributed by atoms with Crippen LogP contribution in [0.4, 0.5) is 5.69 Å². The highest BCUT2D eigenvalue weighted by Gasteiger charge is 2.49. The number of hydrogen-bond acceptors (Lipinski definition) is 5. The maximum atomic E-state index is 12.5. The Bertz CT molecular complexity index is 858. The van der Waals surface area contributed by atoms with Crippen LogP contribution in [0.25, 0.3) is 0 Å². The molecule has 0 N–H and O–H groups in total. The van der Waals surface area contributed by atoms with Gasteiger partial charge in [-0.2, -0.15) is 4.99 Å². The predicted octanol–water partition coefficient (Wildman–Crippen LogP) is 2.59. The van der Waals surface area contributed by atoms with E-state index < -0.39 is 15.9 Å². The van der Waals surface area contributed by atoms with Crippen molar-refractivity contribution in [3.63, 3.8) is 0 Å². The second-order valence-corrected chi connectivity index (χ2v) is 11.0. The molecule has 0 aromatic heterocycles. The molecule has 3 heterocycles. The molecule has 1 aromatic rings. The molecule has 0 aliphatic carbocycles. The normalized spacial score (nSPS) is 31.0. The Morgan fingerprint density at radius 3 is 2.63 bits per heavy atom. The van der Waals surface area contributed by atoms with Crippen LogP contribution in [0.1, 0.15) is 38.2 Å². The lowest BCUT2D eigenvalue weighted by Gasteiger charge is -2.25. The third kappa shape index (κ3) is 3.79. The van der Waals surface area contributed by atoms with E-state index in [0.29, 0.717) is 24.1 Å². The number of anilines is 1. The number of thioether (sulfide) groups is 1. The first kappa shape index (κ1) is 19.0. The van der Waals surface area contributed by atoms with Gasteiger partial charge in [-0.15, -0.1) is 0 Å². The molecule has 3 aliphatic heterocycles. The molecule has 0 spiro atoms. The van der Waals surface area contributed by atoms with E-state index in [9.17, 15) is 13.2 Å². The third-order valence-corrected chi connectivity index (χ3v) is 8.53. The van der Waals surface area contributed by atoms with Crippen LogP contribution in [-0.4, -0.2) is 55.0 Å². The Morgan fingerprint density at radius 1 is 1.26 bits per heavy atom. The predicted molar refractivity (Wildman–Crippen MR) is 108 cm³/mol. The van der Waals surface area contributed by atoms with Crippen molar-refractivity contribution in [2.45, 2.75) is 50.0 Å². The number of amidine groups is 1. The quantitative estimate of drug-likeness (QED) is 0.765. The number of fused-ring (bicyclic) bond motifs is 1. The van der Waals surface area contributed by atoms with Gasteiger partial charge in [0.1, 0.15) is 6.10 Å². The van der Waals surface area contributed by atoms with E-state index >= 15 is 0 Å². The van der Waals surface area contributed by atoms with Crippen molar-refractivity contribution in [1.82, 2.24) is 0 Å². The molecular weight excluding hydrogens is 384 g/mol. The molecule has 8 heteroatoms. The number of rotatable bonds is 3. The highest BCUT2D eigenvalue weighted by molar-refractivity contribution is 8.16. The Hall–Kier alpha value is -1.38. The second-order valence-electron chi connectivity index (χ2n) is 7.65. The van der Waals surface area contributed by atoms with Gasteiger partial charge in [0.05, 0.1) is 17.5 Å². The molecular formula is C19H24N2O4S2. The van der Waals surface area contributed by atoms with Crippen molar-refractivity contribution in [2.75, 3.05) is 23.0 Å². The lowest BCUT2D eigenvalue weighted by atomic mass is 10.0. The minimum atomic E-state index is -3.06. The molecule has 1 amide bonds. The standard InChI is InChI=1S/C19H24N2O4S2/c1-12(2)13-5-7-14(8-6-13)21-15-10-27(23,24)11-17(15)26-19(21)20-18(22)16-4-3-9-25-16/h5-8,12,15-17H,3-4,9-11H2,1-2H3/t15-,16-,17+/m0/s1. The number of benzene rings is 1. The number of aliphatic imine (C=N–C) groups is 1. The summed E-state index contributed by atoms with van der Waals surface area (Å²) >= 11 is 1.40. The summed E-state index contributed by atoms with van der Waals surface area (Å²) in [5.74, 6) is 0.391. The number of carbonyl (C=O) groups is 1. The summed E-state index contributed by atoms with van der Waals surface area (Å²) < 4.78 is 29.7. The number of ether oxygens (including phenoxy) is 1. The number of nitrogens with zero attached hydrogens (tertiary/aromatic N) is 2. The first-order chi connectivity index (χ1) is 12.8. The van der Waals surface area contributed by atoms with E-state index in [4.69, 9.17) is 4.74 Å². The lowest BCUT2D eigenvalue weighted by Crippen LogP contribution is -2.38. The largest absolute Gasteiger partial charge is 0.368 e. The Morgan fingerprint density at radius 2 is 2.00 bits per heavy atom. The van der Waals surface area contributed by atoms with Gasteiger partial charge in [0.15, 0.2) is 15.0 Å². The zero-order valence-corrected chi connectivity index (χ0v) is 17.1. The van der Waals surface area contributed by atoms with Crippen LogP contribution in [0.3, 0.4) is 0 Å². The molecule has 4 rings (SSSR count). The van der Waals surface area contributed by atoms with E-state index in [1.54, 1.807) is 0 Å². The van der Waals surface area contributed by atoms with Crippen molar-refractivity contribution >= 4 is 38.4 Å². The van der Waals surface area contributed by atoms with Crippen molar-refractivity contribution in [1.29, 1.82) is 0 Å². The van der Waals surface area contributed by atoms with Gasteiger partial charge in [-0.05, 0) is 36.5 Å². The maximum Gasteiger partial charge on any atom is 0.277 e. The first-order valence-corrected chi connectivity index (χ1v) is 12.0. The Labute approximate surface area is 164 Å². The minimum Gasteiger partial charge on any atom is -0.368 e. The summed E-state index contributed by atoms with van der Waals surface area (Å²) in [6, 6.07) is 7.92. The van der Waals surface area contributed by atoms with Gasteiger partial charge in [0.25, 0.3) is 5.91 Å². The summed E-state index contributed by atoms with van der Waals surface area (Å²) in [6.07, 6.45) is 1.11. The fraction of sp³-hybridized carbons (Fsp3) is 0.579. The van der Waals surface area contributed by atoms with E-state index in [0.717, 1.165) is 12.1 Å². The minimum absolute atomic E-state index is 0.0872. The summed E-state index contributed by atoms with van der Waals surface area (Å²) in [4.78, 5) is 18.8.